The molecule has 3 heterocycles. The summed E-state index contributed by atoms with van der Waals surface area (Å²) in [7, 11) is 1.64. The van der Waals surface area contributed by atoms with Crippen molar-refractivity contribution in [1.82, 2.24) is 19.6 Å². The van der Waals surface area contributed by atoms with Crippen LogP contribution in [0.2, 0.25) is 0 Å². The minimum absolute atomic E-state index is 0.138. The number of hydrogen-bond acceptors (Lipinski definition) is 7. The van der Waals surface area contributed by atoms with Crippen LogP contribution in [0.4, 0.5) is 0 Å². The molecule has 3 aromatic rings. The van der Waals surface area contributed by atoms with Gasteiger partial charge in [0.05, 0.1) is 24.4 Å². The Labute approximate surface area is 214 Å². The van der Waals surface area contributed by atoms with E-state index in [1.165, 1.54) is 4.90 Å². The number of aromatic nitrogens is 2. The first kappa shape index (κ1) is 24.8. The summed E-state index contributed by atoms with van der Waals surface area (Å²) in [6, 6.07) is 12.6. The van der Waals surface area contributed by atoms with Gasteiger partial charge in [0.1, 0.15) is 12.4 Å². The Morgan fingerprint density at radius 3 is 2.76 bits per heavy atom. The molecule has 0 aliphatic carbocycles. The van der Waals surface area contributed by atoms with Gasteiger partial charge < -0.3 is 25.2 Å². The molecule has 0 unspecified atom stereocenters. The van der Waals surface area contributed by atoms with Crippen molar-refractivity contribution >= 4 is 22.7 Å². The van der Waals surface area contributed by atoms with Gasteiger partial charge in [-0.15, -0.1) is 0 Å². The number of primary amides is 1. The van der Waals surface area contributed by atoms with Crippen LogP contribution in [0, 0.1) is 11.8 Å². The molecular weight excluding hydrogens is 474 g/mol. The molecule has 10 heteroatoms. The number of fused-ring (bicyclic) bond motifs is 1. The molecule has 2 fully saturated rings. The Morgan fingerprint density at radius 2 is 2.03 bits per heavy atom. The summed E-state index contributed by atoms with van der Waals surface area (Å²) < 4.78 is 12.9. The number of rotatable bonds is 6. The van der Waals surface area contributed by atoms with E-state index in [1.54, 1.807) is 36.0 Å². The number of morpholine rings is 1. The maximum absolute atomic E-state index is 12.2. The molecular formula is C27H29N5O5. The number of carbonyl (C=O) groups excluding carboxylic acids is 2. The van der Waals surface area contributed by atoms with E-state index in [0.29, 0.717) is 41.1 Å². The molecule has 0 saturated carbocycles. The number of nitrogens with two attached hydrogens (primary N) is 1. The van der Waals surface area contributed by atoms with Crippen LogP contribution >= 0.6 is 0 Å². The van der Waals surface area contributed by atoms with Crippen molar-refractivity contribution in [3.63, 3.8) is 0 Å². The molecule has 0 spiro atoms. The van der Waals surface area contributed by atoms with E-state index in [0.717, 1.165) is 32.8 Å². The highest BCUT2D eigenvalue weighted by Gasteiger charge is 2.42. The normalized spacial score (nSPS) is 20.2. The summed E-state index contributed by atoms with van der Waals surface area (Å²) in [5.41, 5.74) is 6.05. The predicted octanol–water partition coefficient (Wildman–Crippen LogP) is 0.780. The average molecular weight is 504 g/mol. The topological polar surface area (TPSA) is 123 Å². The quantitative estimate of drug-likeness (QED) is 0.477. The maximum atomic E-state index is 12.2. The first-order valence-corrected chi connectivity index (χ1v) is 12.2. The number of benzene rings is 2. The molecule has 1 atom stereocenters. The number of nitrogens with zero attached hydrogens (tertiary/aromatic N) is 4. The summed E-state index contributed by atoms with van der Waals surface area (Å²) in [6.07, 6.45) is 0.262. The number of amides is 2. The van der Waals surface area contributed by atoms with Gasteiger partial charge in [0.25, 0.3) is 11.8 Å². The third-order valence-corrected chi connectivity index (χ3v) is 6.68. The molecule has 2 aliphatic rings. The largest absolute Gasteiger partial charge is 0.492 e. The Hall–Kier alpha value is -3.91. The lowest BCUT2D eigenvalue weighted by Crippen LogP contribution is -2.38. The Balaban J connectivity index is 1.40. The van der Waals surface area contributed by atoms with Gasteiger partial charge in [0.2, 0.25) is 5.60 Å². The zero-order chi connectivity index (χ0) is 26.0. The average Bonchev–Trinajstić information content (AvgIpc) is 3.41. The number of likely N-dealkylation sites (tertiary alicyclic amines) is 1. The van der Waals surface area contributed by atoms with Crippen LogP contribution in [0.15, 0.2) is 42.5 Å². The van der Waals surface area contributed by atoms with Crippen molar-refractivity contribution in [3.8, 4) is 23.3 Å². The second-order valence-corrected chi connectivity index (χ2v) is 9.24. The van der Waals surface area contributed by atoms with Crippen molar-refractivity contribution in [1.29, 1.82) is 0 Å². The fourth-order valence-corrected chi connectivity index (χ4v) is 4.54. The highest BCUT2D eigenvalue weighted by atomic mass is 16.5. The van der Waals surface area contributed by atoms with Crippen molar-refractivity contribution in [3.05, 3.63) is 53.7 Å². The third-order valence-electron chi connectivity index (χ3n) is 6.68. The molecule has 2 amide bonds. The first-order chi connectivity index (χ1) is 17.8. The molecule has 192 valence electrons. The molecule has 0 radical (unpaired) electrons. The van der Waals surface area contributed by atoms with E-state index >= 15 is 0 Å². The van der Waals surface area contributed by atoms with Crippen LogP contribution in [0.3, 0.4) is 0 Å². The number of aliphatic hydroxyl groups is 1. The second kappa shape index (κ2) is 10.2. The molecule has 2 saturated heterocycles. The van der Waals surface area contributed by atoms with Gasteiger partial charge in [0.15, 0.2) is 5.69 Å². The lowest BCUT2D eigenvalue weighted by molar-refractivity contribution is -0.137. The molecule has 1 aromatic heterocycles. The van der Waals surface area contributed by atoms with Crippen LogP contribution < -0.4 is 10.5 Å². The monoisotopic (exact) mass is 503 g/mol. The lowest BCUT2D eigenvalue weighted by atomic mass is 10.0. The summed E-state index contributed by atoms with van der Waals surface area (Å²) in [5, 5.41) is 15.7. The van der Waals surface area contributed by atoms with Crippen molar-refractivity contribution < 1.29 is 24.2 Å². The number of ether oxygens (including phenoxy) is 2. The van der Waals surface area contributed by atoms with Crippen LogP contribution in [0.1, 0.15) is 22.5 Å². The van der Waals surface area contributed by atoms with Gasteiger partial charge in [-0.05, 0) is 36.4 Å². The Bertz CT molecular complexity index is 1400. The van der Waals surface area contributed by atoms with E-state index in [1.807, 2.05) is 18.2 Å². The first-order valence-electron chi connectivity index (χ1n) is 12.2. The van der Waals surface area contributed by atoms with Gasteiger partial charge in [-0.2, -0.15) is 5.10 Å². The van der Waals surface area contributed by atoms with Crippen LogP contribution in [-0.4, -0.2) is 95.1 Å². The lowest BCUT2D eigenvalue weighted by Gasteiger charge is -2.26. The Morgan fingerprint density at radius 1 is 1.22 bits per heavy atom. The van der Waals surface area contributed by atoms with Crippen molar-refractivity contribution in [2.75, 3.05) is 53.0 Å². The number of carbonyl (C=O) groups is 2. The fourth-order valence-electron chi connectivity index (χ4n) is 4.54. The van der Waals surface area contributed by atoms with Crippen molar-refractivity contribution in [2.45, 2.75) is 12.0 Å². The molecule has 2 aromatic carbocycles. The summed E-state index contributed by atoms with van der Waals surface area (Å²) >= 11 is 0. The smallest absolute Gasteiger partial charge is 0.269 e. The molecule has 3 N–H and O–H groups in total. The highest BCUT2D eigenvalue weighted by molar-refractivity contribution is 6.04. The predicted molar refractivity (Wildman–Crippen MR) is 136 cm³/mol. The fraction of sp³-hybridized carbons (Fsp3) is 0.370. The summed E-state index contributed by atoms with van der Waals surface area (Å²) in [6.45, 7) is 4.99. The number of hydrogen-bond donors (Lipinski definition) is 2. The molecule has 10 nitrogen and oxygen atoms in total. The van der Waals surface area contributed by atoms with E-state index in [-0.39, 0.29) is 12.1 Å². The highest BCUT2D eigenvalue weighted by Crippen LogP contribution is 2.27. The summed E-state index contributed by atoms with van der Waals surface area (Å²) in [4.78, 5) is 28.2. The molecule has 0 bridgehead atoms. The van der Waals surface area contributed by atoms with E-state index in [9.17, 15) is 14.7 Å². The number of likely N-dealkylation sites (N-methyl/N-ethyl adjacent to an activating group) is 1. The van der Waals surface area contributed by atoms with Gasteiger partial charge >= 0.3 is 0 Å². The van der Waals surface area contributed by atoms with Crippen LogP contribution in [0.5, 0.6) is 5.75 Å². The van der Waals surface area contributed by atoms with Crippen LogP contribution in [-0.2, 0) is 9.53 Å². The molecule has 5 rings (SSSR count). The van der Waals surface area contributed by atoms with E-state index < -0.39 is 17.4 Å². The minimum atomic E-state index is -1.68. The van der Waals surface area contributed by atoms with Crippen molar-refractivity contribution in [2.24, 2.45) is 5.73 Å². The van der Waals surface area contributed by atoms with Gasteiger partial charge in [-0.3, -0.25) is 14.5 Å². The summed E-state index contributed by atoms with van der Waals surface area (Å²) in [5.74, 6) is 5.23. The maximum Gasteiger partial charge on any atom is 0.269 e. The molecule has 2 aliphatic heterocycles. The van der Waals surface area contributed by atoms with Gasteiger partial charge in [0, 0.05) is 50.6 Å². The SMILES string of the molecule is CN1CC[C@@](O)(C#Cc2cccc(-n3nc(C(N)=O)c4cc(OCCN5CCOCC5)ccc43)c2)C1=O. The third kappa shape index (κ3) is 5.15. The van der Waals surface area contributed by atoms with E-state index in [2.05, 4.69) is 21.8 Å². The Kier molecular flexibility index (Phi) is 6.84. The van der Waals surface area contributed by atoms with Gasteiger partial charge in [-0.1, -0.05) is 17.9 Å². The van der Waals surface area contributed by atoms with E-state index in [4.69, 9.17) is 15.2 Å². The zero-order valence-corrected chi connectivity index (χ0v) is 20.6. The van der Waals surface area contributed by atoms with Crippen LogP contribution in [0.25, 0.3) is 16.6 Å². The second-order valence-electron chi connectivity index (χ2n) is 9.24. The standard InChI is InChI=1S/C27H29N5O5/c1-30-10-9-27(35,26(30)34)8-7-19-3-2-4-20(17-19)32-23-6-5-21(18-22(23)24(29-32)25(28)33)37-16-13-31-11-14-36-15-12-31/h2-6,17-18,35H,9-16H2,1H3,(H2,28,33)/t27-/m0/s1. The zero-order valence-electron chi connectivity index (χ0n) is 20.6. The van der Waals surface area contributed by atoms with Gasteiger partial charge in [-0.25, -0.2) is 4.68 Å². The minimum Gasteiger partial charge on any atom is -0.492 e. The molecule has 37 heavy (non-hydrogen) atoms.